The minimum Gasteiger partial charge on any atom is -0.495 e. The molecule has 16 heavy (non-hydrogen) atoms. The normalized spacial score (nSPS) is 11.4. The summed E-state index contributed by atoms with van der Waals surface area (Å²) in [6, 6.07) is 4.95. The Morgan fingerprint density at radius 2 is 2.19 bits per heavy atom. The van der Waals surface area contributed by atoms with E-state index in [2.05, 4.69) is 31.9 Å². The van der Waals surface area contributed by atoms with Crippen molar-refractivity contribution in [2.75, 3.05) is 7.11 Å². The summed E-state index contributed by atoms with van der Waals surface area (Å²) in [6.45, 7) is 0. The number of ether oxygens (including phenoxy) is 2. The lowest BCUT2D eigenvalue weighted by Crippen LogP contribution is -2.06. The van der Waals surface area contributed by atoms with Gasteiger partial charge in [-0.3, -0.25) is 4.79 Å². The molecule has 0 radical (unpaired) electrons. The van der Waals surface area contributed by atoms with E-state index in [1.165, 1.54) is 7.11 Å². The number of hydrogen-bond acceptors (Lipinski definition) is 4. The highest BCUT2D eigenvalue weighted by Gasteiger charge is 2.12. The van der Waals surface area contributed by atoms with Gasteiger partial charge in [0.15, 0.2) is 6.29 Å². The largest absolute Gasteiger partial charge is 0.495 e. The van der Waals surface area contributed by atoms with Crippen molar-refractivity contribution >= 4 is 38.1 Å². The molecular weight excluding hydrogens is 342 g/mol. The summed E-state index contributed by atoms with van der Waals surface area (Å²) in [5.41, 5.74) is 0.340. The van der Waals surface area contributed by atoms with Crippen LogP contribution in [0, 0.1) is 11.3 Å². The first-order valence-electron chi connectivity index (χ1n) is 4.15. The van der Waals surface area contributed by atoms with Crippen LogP contribution in [0.25, 0.3) is 0 Å². The molecule has 0 amide bonds. The van der Waals surface area contributed by atoms with Gasteiger partial charge in [-0.1, -0.05) is 0 Å². The number of rotatable bonds is 4. The first-order valence-corrected chi connectivity index (χ1v) is 5.86. The summed E-state index contributed by atoms with van der Waals surface area (Å²) >= 11 is 6.24. The maximum atomic E-state index is 10.8. The number of hydrogen-bond donors (Lipinski definition) is 0. The van der Waals surface area contributed by atoms with E-state index >= 15 is 0 Å². The Kier molecular flexibility index (Phi) is 4.77. The van der Waals surface area contributed by atoms with Crippen LogP contribution >= 0.6 is 31.9 Å². The Labute approximate surface area is 109 Å². The molecule has 0 spiro atoms. The second-order valence-corrected chi connectivity index (χ2v) is 4.39. The van der Waals surface area contributed by atoms with Gasteiger partial charge in [0.05, 0.1) is 17.1 Å². The lowest BCUT2D eigenvalue weighted by Gasteiger charge is -2.11. The fourth-order valence-electron chi connectivity index (χ4n) is 1.04. The second-order valence-electron chi connectivity index (χ2n) is 2.71. The first-order chi connectivity index (χ1) is 7.62. The van der Waals surface area contributed by atoms with Gasteiger partial charge in [-0.15, -0.1) is 0 Å². The quantitative estimate of drug-likeness (QED) is 0.620. The topological polar surface area (TPSA) is 59.3 Å². The monoisotopic (exact) mass is 347 g/mol. The highest BCUT2D eigenvalue weighted by atomic mass is 79.9. The van der Waals surface area contributed by atoms with Gasteiger partial charge in [0.1, 0.15) is 17.6 Å². The number of carbonyl (C=O) groups excluding carboxylic acids is 1. The smallest absolute Gasteiger partial charge is 0.239 e. The number of nitrogens with zero attached hydrogens (tertiary/aromatic N) is 1. The van der Waals surface area contributed by atoms with Gasteiger partial charge in [-0.2, -0.15) is 5.26 Å². The maximum absolute atomic E-state index is 10.8. The standard InChI is InChI=1S/C10H7Br2NO3/c1-15-9-3-8(16-10(12)4-13)6(5-14)2-7(9)11/h2-3,5,10H,1H3. The molecule has 6 heteroatoms. The Balaban J connectivity index is 3.15. The maximum Gasteiger partial charge on any atom is 0.239 e. The Morgan fingerprint density at radius 3 is 2.69 bits per heavy atom. The number of nitriles is 1. The van der Waals surface area contributed by atoms with Crippen molar-refractivity contribution in [3.05, 3.63) is 22.2 Å². The van der Waals surface area contributed by atoms with E-state index in [1.54, 1.807) is 12.1 Å². The molecule has 1 unspecified atom stereocenters. The lowest BCUT2D eigenvalue weighted by atomic mass is 10.2. The first kappa shape index (κ1) is 13.0. The molecule has 0 aliphatic heterocycles. The van der Waals surface area contributed by atoms with E-state index in [-0.39, 0.29) is 0 Å². The third-order valence-corrected chi connectivity index (χ3v) is 2.75. The fraction of sp³-hybridized carbons (Fsp3) is 0.200. The second kappa shape index (κ2) is 5.87. The van der Waals surface area contributed by atoms with E-state index < -0.39 is 5.01 Å². The predicted molar refractivity (Wildman–Crippen MR) is 65.0 cm³/mol. The molecule has 0 fully saturated rings. The summed E-state index contributed by atoms with van der Waals surface area (Å²) in [6.07, 6.45) is 0.649. The summed E-state index contributed by atoms with van der Waals surface area (Å²) in [5.74, 6) is 0.816. The van der Waals surface area contributed by atoms with Crippen molar-refractivity contribution in [1.82, 2.24) is 0 Å². The number of methoxy groups -OCH3 is 1. The van der Waals surface area contributed by atoms with Crippen molar-refractivity contribution in [1.29, 1.82) is 5.26 Å². The zero-order valence-corrected chi connectivity index (χ0v) is 11.4. The summed E-state index contributed by atoms with van der Waals surface area (Å²) < 4.78 is 10.9. The van der Waals surface area contributed by atoms with E-state index in [0.717, 1.165) is 0 Å². The molecule has 4 nitrogen and oxygen atoms in total. The van der Waals surface area contributed by atoms with Gasteiger partial charge in [-0.05, 0) is 37.9 Å². The van der Waals surface area contributed by atoms with Crippen LogP contribution in [0.4, 0.5) is 0 Å². The van der Waals surface area contributed by atoms with Crippen molar-refractivity contribution in [2.45, 2.75) is 5.01 Å². The number of alkyl halides is 1. The number of benzene rings is 1. The summed E-state index contributed by atoms with van der Waals surface area (Å²) in [5, 5.41) is 7.78. The zero-order chi connectivity index (χ0) is 12.1. The Bertz CT molecular complexity index is 442. The van der Waals surface area contributed by atoms with Crippen molar-refractivity contribution < 1.29 is 14.3 Å². The minimum absolute atomic E-state index is 0.290. The van der Waals surface area contributed by atoms with E-state index in [9.17, 15) is 4.79 Å². The van der Waals surface area contributed by atoms with Crippen LogP contribution < -0.4 is 9.47 Å². The summed E-state index contributed by atoms with van der Waals surface area (Å²) in [7, 11) is 1.50. The predicted octanol–water partition coefficient (Wildman–Crippen LogP) is 2.89. The minimum atomic E-state index is -0.808. The van der Waals surface area contributed by atoms with Crippen LogP contribution in [-0.4, -0.2) is 18.4 Å². The van der Waals surface area contributed by atoms with Gasteiger partial charge in [0.2, 0.25) is 5.01 Å². The number of halogens is 2. The summed E-state index contributed by atoms with van der Waals surface area (Å²) in [4.78, 5) is 10.8. The van der Waals surface area contributed by atoms with Crippen LogP contribution in [0.2, 0.25) is 0 Å². The molecule has 1 aromatic rings. The number of carbonyl (C=O) groups is 1. The molecule has 0 aliphatic rings. The van der Waals surface area contributed by atoms with Crippen LogP contribution in [-0.2, 0) is 0 Å². The van der Waals surface area contributed by atoms with Crippen molar-refractivity contribution in [2.24, 2.45) is 0 Å². The molecule has 0 heterocycles. The molecule has 84 valence electrons. The average molecular weight is 349 g/mol. The SMILES string of the molecule is COc1cc(OC(Br)C#N)c(C=O)cc1Br. The van der Waals surface area contributed by atoms with Crippen LogP contribution in [0.3, 0.4) is 0 Å². The molecule has 0 saturated carbocycles. The molecular formula is C10H7Br2NO3. The van der Waals surface area contributed by atoms with Gasteiger partial charge in [0.25, 0.3) is 0 Å². The highest BCUT2D eigenvalue weighted by molar-refractivity contribution is 9.10. The van der Waals surface area contributed by atoms with Crippen molar-refractivity contribution in [3.8, 4) is 17.6 Å². The highest BCUT2D eigenvalue weighted by Crippen LogP contribution is 2.32. The fourth-order valence-corrected chi connectivity index (χ4v) is 1.76. The Morgan fingerprint density at radius 1 is 1.50 bits per heavy atom. The third kappa shape index (κ3) is 2.97. The van der Waals surface area contributed by atoms with E-state index in [4.69, 9.17) is 14.7 Å². The molecule has 1 rings (SSSR count). The molecule has 0 N–H and O–H groups in total. The molecule has 0 aromatic heterocycles. The zero-order valence-electron chi connectivity index (χ0n) is 8.24. The Hall–Kier alpha value is -1.06. The van der Waals surface area contributed by atoms with E-state index in [0.29, 0.717) is 27.8 Å². The average Bonchev–Trinajstić information content (AvgIpc) is 2.30. The number of aldehydes is 1. The molecule has 1 aromatic carbocycles. The molecule has 0 aliphatic carbocycles. The molecule has 0 bridgehead atoms. The van der Waals surface area contributed by atoms with E-state index in [1.807, 2.05) is 6.07 Å². The van der Waals surface area contributed by atoms with Gasteiger partial charge >= 0.3 is 0 Å². The molecule has 0 saturated heterocycles. The lowest BCUT2D eigenvalue weighted by molar-refractivity contribution is 0.111. The third-order valence-electron chi connectivity index (χ3n) is 1.74. The van der Waals surface area contributed by atoms with Crippen molar-refractivity contribution in [3.63, 3.8) is 0 Å². The molecule has 1 atom stereocenters. The van der Waals surface area contributed by atoms with Gasteiger partial charge in [-0.25, -0.2) is 0 Å². The van der Waals surface area contributed by atoms with Crippen LogP contribution in [0.5, 0.6) is 11.5 Å². The van der Waals surface area contributed by atoms with Gasteiger partial charge < -0.3 is 9.47 Å². The van der Waals surface area contributed by atoms with Crippen LogP contribution in [0.15, 0.2) is 16.6 Å². The van der Waals surface area contributed by atoms with Crippen LogP contribution in [0.1, 0.15) is 10.4 Å². The van der Waals surface area contributed by atoms with Gasteiger partial charge in [0, 0.05) is 6.07 Å².